The number of anilines is 1. The number of rotatable bonds is 5. The van der Waals surface area contributed by atoms with Gasteiger partial charge in [-0.05, 0) is 46.3 Å². The minimum atomic E-state index is 0.0512. The number of nitrogens with two attached hydrogens (primary N) is 1. The maximum atomic E-state index is 12.7. The number of hydrogen-bond acceptors (Lipinski definition) is 4. The van der Waals surface area contributed by atoms with E-state index in [0.29, 0.717) is 30.4 Å². The van der Waals surface area contributed by atoms with E-state index >= 15 is 0 Å². The van der Waals surface area contributed by atoms with Gasteiger partial charge in [-0.1, -0.05) is 0 Å². The molecule has 1 fully saturated rings. The van der Waals surface area contributed by atoms with Crippen LogP contribution >= 0.6 is 27.7 Å². The van der Waals surface area contributed by atoms with Crippen molar-refractivity contribution in [3.05, 3.63) is 28.2 Å². The van der Waals surface area contributed by atoms with Gasteiger partial charge in [0.05, 0.1) is 6.61 Å². The molecule has 1 heterocycles. The zero-order valence-corrected chi connectivity index (χ0v) is 13.9. The fourth-order valence-corrected chi connectivity index (χ4v) is 3.84. The highest BCUT2D eigenvalue weighted by Crippen LogP contribution is 2.26. The van der Waals surface area contributed by atoms with E-state index in [4.69, 9.17) is 10.5 Å². The van der Waals surface area contributed by atoms with Gasteiger partial charge < -0.3 is 15.4 Å². The van der Waals surface area contributed by atoms with Gasteiger partial charge in [0.15, 0.2) is 0 Å². The molecular formula is C14H19BrN2O2S. The standard InChI is InChI=1S/C14H19BrN2O2S/c1-19-6-5-17(11-4-7-20-9-11)14(18)10-2-3-13(16)12(15)8-10/h2-3,8,11H,4-7,9,16H2,1H3. The molecular weight excluding hydrogens is 340 g/mol. The first-order valence-electron chi connectivity index (χ1n) is 6.56. The monoisotopic (exact) mass is 358 g/mol. The highest BCUT2D eigenvalue weighted by atomic mass is 79.9. The summed E-state index contributed by atoms with van der Waals surface area (Å²) in [6, 6.07) is 5.64. The SMILES string of the molecule is COCCN(C(=O)c1ccc(N)c(Br)c1)C1CCSC1. The lowest BCUT2D eigenvalue weighted by Gasteiger charge is -2.28. The first-order valence-corrected chi connectivity index (χ1v) is 8.51. The molecule has 2 N–H and O–H groups in total. The zero-order valence-electron chi connectivity index (χ0n) is 11.5. The lowest BCUT2D eigenvalue weighted by Crippen LogP contribution is -2.42. The smallest absolute Gasteiger partial charge is 0.254 e. The number of carbonyl (C=O) groups excluding carboxylic acids is 1. The highest BCUT2D eigenvalue weighted by molar-refractivity contribution is 9.10. The van der Waals surface area contributed by atoms with E-state index in [1.54, 1.807) is 25.3 Å². The molecule has 1 aliphatic rings. The van der Waals surface area contributed by atoms with Crippen molar-refractivity contribution >= 4 is 39.3 Å². The molecule has 1 amide bonds. The summed E-state index contributed by atoms with van der Waals surface area (Å²) < 4.78 is 5.89. The van der Waals surface area contributed by atoms with E-state index in [0.717, 1.165) is 22.4 Å². The topological polar surface area (TPSA) is 55.6 Å². The summed E-state index contributed by atoms with van der Waals surface area (Å²) in [5, 5.41) is 0. The van der Waals surface area contributed by atoms with Crippen LogP contribution in [-0.2, 0) is 4.74 Å². The minimum Gasteiger partial charge on any atom is -0.398 e. The van der Waals surface area contributed by atoms with Crippen LogP contribution in [0.3, 0.4) is 0 Å². The molecule has 110 valence electrons. The van der Waals surface area contributed by atoms with Gasteiger partial charge in [0.25, 0.3) is 5.91 Å². The Hall–Kier alpha value is -0.720. The highest BCUT2D eigenvalue weighted by Gasteiger charge is 2.27. The molecule has 0 bridgehead atoms. The molecule has 1 aliphatic heterocycles. The minimum absolute atomic E-state index is 0.0512. The molecule has 20 heavy (non-hydrogen) atoms. The van der Waals surface area contributed by atoms with Gasteiger partial charge in [-0.25, -0.2) is 0 Å². The molecule has 1 aromatic rings. The van der Waals surface area contributed by atoms with Gasteiger partial charge in [0.1, 0.15) is 0 Å². The van der Waals surface area contributed by atoms with Crippen LogP contribution in [0.5, 0.6) is 0 Å². The van der Waals surface area contributed by atoms with Gasteiger partial charge >= 0.3 is 0 Å². The summed E-state index contributed by atoms with van der Waals surface area (Å²) in [4.78, 5) is 14.6. The number of nitrogens with zero attached hydrogens (tertiary/aromatic N) is 1. The Morgan fingerprint density at radius 1 is 1.60 bits per heavy atom. The summed E-state index contributed by atoms with van der Waals surface area (Å²) in [6.45, 7) is 1.19. The van der Waals surface area contributed by atoms with Crippen LogP contribution in [0.15, 0.2) is 22.7 Å². The van der Waals surface area contributed by atoms with Crippen LogP contribution in [0.25, 0.3) is 0 Å². The largest absolute Gasteiger partial charge is 0.398 e. The summed E-state index contributed by atoms with van der Waals surface area (Å²) >= 11 is 5.27. The predicted molar refractivity (Wildman–Crippen MR) is 87.2 cm³/mol. The molecule has 0 aliphatic carbocycles. The molecule has 0 spiro atoms. The molecule has 1 atom stereocenters. The molecule has 1 saturated heterocycles. The normalized spacial score (nSPS) is 18.2. The first kappa shape index (κ1) is 15.7. The van der Waals surface area contributed by atoms with Crippen LogP contribution in [0, 0.1) is 0 Å². The van der Waals surface area contributed by atoms with E-state index in [1.807, 2.05) is 16.7 Å². The van der Waals surface area contributed by atoms with Crippen LogP contribution in [0.1, 0.15) is 16.8 Å². The summed E-state index contributed by atoms with van der Waals surface area (Å²) in [5.41, 5.74) is 7.08. The fourth-order valence-electron chi connectivity index (χ4n) is 2.23. The second kappa shape index (κ2) is 7.33. The maximum Gasteiger partial charge on any atom is 0.254 e. The van der Waals surface area contributed by atoms with Gasteiger partial charge in [0, 0.05) is 41.2 Å². The van der Waals surface area contributed by atoms with Gasteiger partial charge in [-0.15, -0.1) is 0 Å². The lowest BCUT2D eigenvalue weighted by atomic mass is 10.1. The summed E-state index contributed by atoms with van der Waals surface area (Å²) in [7, 11) is 1.66. The van der Waals surface area contributed by atoms with Crippen LogP contribution < -0.4 is 5.73 Å². The quantitative estimate of drug-likeness (QED) is 0.822. The molecule has 6 heteroatoms. The molecule has 0 saturated carbocycles. The number of carbonyl (C=O) groups is 1. The molecule has 0 aromatic heterocycles. The van der Waals surface area contributed by atoms with Gasteiger partial charge in [-0.3, -0.25) is 4.79 Å². The van der Waals surface area contributed by atoms with E-state index < -0.39 is 0 Å². The van der Waals surface area contributed by atoms with Crippen molar-refractivity contribution < 1.29 is 9.53 Å². The van der Waals surface area contributed by atoms with Gasteiger partial charge in [-0.2, -0.15) is 11.8 Å². The number of methoxy groups -OCH3 is 1. The second-order valence-electron chi connectivity index (χ2n) is 4.75. The first-order chi connectivity index (χ1) is 9.63. The number of benzene rings is 1. The number of ether oxygens (including phenoxy) is 1. The predicted octanol–water partition coefficient (Wildman–Crippen LogP) is 2.63. The van der Waals surface area contributed by atoms with E-state index in [2.05, 4.69) is 15.9 Å². The number of nitrogen functional groups attached to an aromatic ring is 1. The van der Waals surface area contributed by atoms with Crippen LogP contribution in [-0.4, -0.2) is 48.6 Å². The third-order valence-corrected chi connectivity index (χ3v) is 5.22. The van der Waals surface area contributed by atoms with Crippen LogP contribution in [0.4, 0.5) is 5.69 Å². The van der Waals surface area contributed by atoms with Crippen molar-refractivity contribution in [3.63, 3.8) is 0 Å². The van der Waals surface area contributed by atoms with Crippen LogP contribution in [0.2, 0.25) is 0 Å². The molecule has 1 unspecified atom stereocenters. The zero-order chi connectivity index (χ0) is 14.5. The Balaban J connectivity index is 2.17. The lowest BCUT2D eigenvalue weighted by molar-refractivity contribution is 0.0624. The molecule has 0 radical (unpaired) electrons. The van der Waals surface area contributed by atoms with Crippen molar-refractivity contribution in [2.45, 2.75) is 12.5 Å². The van der Waals surface area contributed by atoms with E-state index in [9.17, 15) is 4.79 Å². The molecule has 1 aromatic carbocycles. The molecule has 2 rings (SSSR count). The van der Waals surface area contributed by atoms with Crippen molar-refractivity contribution in [2.75, 3.05) is 37.5 Å². The third kappa shape index (κ3) is 3.68. The van der Waals surface area contributed by atoms with Crippen molar-refractivity contribution in [2.24, 2.45) is 0 Å². The molecule has 4 nitrogen and oxygen atoms in total. The van der Waals surface area contributed by atoms with E-state index in [-0.39, 0.29) is 5.91 Å². The third-order valence-electron chi connectivity index (χ3n) is 3.39. The van der Waals surface area contributed by atoms with Crippen molar-refractivity contribution in [3.8, 4) is 0 Å². The number of hydrogen-bond donors (Lipinski definition) is 1. The fraction of sp³-hybridized carbons (Fsp3) is 0.500. The summed E-state index contributed by atoms with van der Waals surface area (Å²) in [5.74, 6) is 2.17. The number of amides is 1. The average Bonchev–Trinajstić information content (AvgIpc) is 2.96. The van der Waals surface area contributed by atoms with E-state index in [1.165, 1.54) is 0 Å². The maximum absolute atomic E-state index is 12.7. The Bertz CT molecular complexity index is 478. The Morgan fingerprint density at radius 2 is 2.40 bits per heavy atom. The summed E-state index contributed by atoms with van der Waals surface area (Å²) in [6.07, 6.45) is 1.05. The average molecular weight is 359 g/mol. The number of halogens is 1. The second-order valence-corrected chi connectivity index (χ2v) is 6.75. The Morgan fingerprint density at radius 3 is 3.00 bits per heavy atom. The van der Waals surface area contributed by atoms with Crippen molar-refractivity contribution in [1.82, 2.24) is 4.90 Å². The Labute approximate surface area is 132 Å². The Kier molecular flexibility index (Phi) is 5.74. The van der Waals surface area contributed by atoms with Gasteiger partial charge in [0.2, 0.25) is 0 Å². The number of thioether (sulfide) groups is 1. The van der Waals surface area contributed by atoms with Crippen molar-refractivity contribution in [1.29, 1.82) is 0 Å².